The highest BCUT2D eigenvalue weighted by atomic mass is 35.5. The van der Waals surface area contributed by atoms with E-state index in [1.54, 1.807) is 60.7 Å². The lowest BCUT2D eigenvalue weighted by molar-refractivity contribution is -0.119. The minimum atomic E-state index is -0.776. The van der Waals surface area contributed by atoms with Gasteiger partial charge in [-0.1, -0.05) is 41.9 Å². The lowest BCUT2D eigenvalue weighted by Crippen LogP contribution is -2.22. The monoisotopic (exact) mass is 423 g/mol. The molecule has 0 saturated carbocycles. The normalized spacial score (nSPS) is 10.2. The molecule has 0 aliphatic heterocycles. The first-order valence-electron chi connectivity index (χ1n) is 8.99. The van der Waals surface area contributed by atoms with Crippen LogP contribution < -0.4 is 10.1 Å². The molecule has 0 fully saturated rings. The first-order chi connectivity index (χ1) is 14.5. The van der Waals surface area contributed by atoms with Crippen molar-refractivity contribution >= 4 is 34.9 Å². The molecule has 0 heterocycles. The van der Waals surface area contributed by atoms with Crippen molar-refractivity contribution in [1.82, 2.24) is 0 Å². The molecule has 3 aromatic rings. The summed E-state index contributed by atoms with van der Waals surface area (Å²) in [5.74, 6) is -1.05. The van der Waals surface area contributed by atoms with Crippen LogP contribution in [0.2, 0.25) is 5.02 Å². The SMILES string of the molecule is COc1ccc(C(=O)c2ccccc2C(=O)OCC(=O)Nc2ccccc2Cl)cc1. The molecular weight excluding hydrogens is 406 g/mol. The molecule has 1 amide bonds. The summed E-state index contributed by atoms with van der Waals surface area (Å²) < 4.78 is 10.2. The number of para-hydroxylation sites is 1. The Hall–Kier alpha value is -3.64. The Kier molecular flexibility index (Phi) is 6.83. The Bertz CT molecular complexity index is 1080. The summed E-state index contributed by atoms with van der Waals surface area (Å²) in [6, 6.07) is 19.5. The summed E-state index contributed by atoms with van der Waals surface area (Å²) in [5, 5.41) is 2.93. The molecule has 0 bridgehead atoms. The Balaban J connectivity index is 1.70. The molecule has 30 heavy (non-hydrogen) atoms. The molecule has 0 spiro atoms. The van der Waals surface area contributed by atoms with Gasteiger partial charge in [-0.25, -0.2) is 4.79 Å². The molecular formula is C23H18ClNO5. The number of nitrogens with one attached hydrogen (secondary N) is 1. The van der Waals surface area contributed by atoms with Crippen LogP contribution in [0.3, 0.4) is 0 Å². The van der Waals surface area contributed by atoms with Crippen molar-refractivity contribution < 1.29 is 23.9 Å². The number of anilines is 1. The van der Waals surface area contributed by atoms with Crippen LogP contribution >= 0.6 is 11.6 Å². The van der Waals surface area contributed by atoms with E-state index in [0.29, 0.717) is 22.0 Å². The largest absolute Gasteiger partial charge is 0.497 e. The number of benzene rings is 3. The Labute approximate surface area is 178 Å². The highest BCUT2D eigenvalue weighted by Crippen LogP contribution is 2.21. The number of amides is 1. The molecule has 0 aromatic heterocycles. The lowest BCUT2D eigenvalue weighted by Gasteiger charge is -2.10. The number of carbonyl (C=O) groups is 3. The summed E-state index contributed by atoms with van der Waals surface area (Å²) >= 11 is 5.99. The number of halogens is 1. The maximum absolute atomic E-state index is 12.8. The van der Waals surface area contributed by atoms with Crippen molar-refractivity contribution in [1.29, 1.82) is 0 Å². The van der Waals surface area contributed by atoms with E-state index in [1.165, 1.54) is 19.2 Å². The third kappa shape index (κ3) is 5.04. The van der Waals surface area contributed by atoms with E-state index in [2.05, 4.69) is 5.32 Å². The molecule has 0 atom stereocenters. The minimum Gasteiger partial charge on any atom is -0.497 e. The maximum Gasteiger partial charge on any atom is 0.339 e. The highest BCUT2D eigenvalue weighted by molar-refractivity contribution is 6.33. The number of ketones is 1. The van der Waals surface area contributed by atoms with Gasteiger partial charge in [0.05, 0.1) is 23.4 Å². The molecule has 0 aliphatic rings. The second-order valence-electron chi connectivity index (χ2n) is 6.21. The van der Waals surface area contributed by atoms with Gasteiger partial charge in [-0.15, -0.1) is 0 Å². The summed E-state index contributed by atoms with van der Waals surface area (Å²) in [6.07, 6.45) is 0. The molecule has 3 aromatic carbocycles. The zero-order chi connectivity index (χ0) is 21.5. The number of hydrogen-bond donors (Lipinski definition) is 1. The fourth-order valence-electron chi connectivity index (χ4n) is 2.71. The standard InChI is InChI=1S/C23H18ClNO5/c1-29-16-12-10-15(11-13-16)22(27)17-6-2-3-7-18(17)23(28)30-14-21(26)25-20-9-5-4-8-19(20)24/h2-13H,14H2,1H3,(H,25,26). The third-order valence-corrected chi connectivity index (χ3v) is 4.56. The van der Waals surface area contributed by atoms with Crippen LogP contribution in [-0.4, -0.2) is 31.4 Å². The van der Waals surface area contributed by atoms with Gasteiger partial charge in [0.25, 0.3) is 5.91 Å². The quantitative estimate of drug-likeness (QED) is 0.450. The second-order valence-corrected chi connectivity index (χ2v) is 6.61. The van der Waals surface area contributed by atoms with Crippen LogP contribution in [0.25, 0.3) is 0 Å². The number of methoxy groups -OCH3 is 1. The number of rotatable bonds is 7. The molecule has 0 unspecified atom stereocenters. The number of hydrogen-bond acceptors (Lipinski definition) is 5. The summed E-state index contributed by atoms with van der Waals surface area (Å²) in [7, 11) is 1.53. The predicted octanol–water partition coefficient (Wildman–Crippen LogP) is 4.38. The highest BCUT2D eigenvalue weighted by Gasteiger charge is 2.20. The average molecular weight is 424 g/mol. The summed E-state index contributed by atoms with van der Waals surface area (Å²) in [4.78, 5) is 37.4. The zero-order valence-corrected chi connectivity index (χ0v) is 16.8. The second kappa shape index (κ2) is 9.71. The molecule has 6 nitrogen and oxygen atoms in total. The van der Waals surface area contributed by atoms with Crippen LogP contribution in [0.4, 0.5) is 5.69 Å². The zero-order valence-electron chi connectivity index (χ0n) is 16.1. The van der Waals surface area contributed by atoms with Gasteiger partial charge in [-0.3, -0.25) is 9.59 Å². The van der Waals surface area contributed by atoms with Gasteiger partial charge >= 0.3 is 5.97 Å². The molecule has 3 rings (SSSR count). The maximum atomic E-state index is 12.8. The smallest absolute Gasteiger partial charge is 0.339 e. The number of carbonyl (C=O) groups excluding carboxylic acids is 3. The Morgan fingerprint density at radius 1 is 0.867 bits per heavy atom. The fraction of sp³-hybridized carbons (Fsp3) is 0.0870. The topological polar surface area (TPSA) is 81.7 Å². The predicted molar refractivity (Wildman–Crippen MR) is 113 cm³/mol. The third-order valence-electron chi connectivity index (χ3n) is 4.23. The first kappa shape index (κ1) is 21.1. The van der Waals surface area contributed by atoms with Gasteiger partial charge in [0.1, 0.15) is 5.75 Å². The Morgan fingerprint density at radius 3 is 2.17 bits per heavy atom. The van der Waals surface area contributed by atoms with E-state index < -0.39 is 18.5 Å². The van der Waals surface area contributed by atoms with Crippen molar-refractivity contribution in [3.63, 3.8) is 0 Å². The van der Waals surface area contributed by atoms with E-state index in [1.807, 2.05) is 0 Å². The molecule has 1 N–H and O–H groups in total. The van der Waals surface area contributed by atoms with Crippen molar-refractivity contribution in [2.45, 2.75) is 0 Å². The van der Waals surface area contributed by atoms with Gasteiger partial charge in [0.15, 0.2) is 12.4 Å². The van der Waals surface area contributed by atoms with E-state index in [9.17, 15) is 14.4 Å². The van der Waals surface area contributed by atoms with Crippen LogP contribution in [0, 0.1) is 0 Å². The number of ether oxygens (including phenoxy) is 2. The van der Waals surface area contributed by atoms with Gasteiger partial charge in [-0.05, 0) is 42.5 Å². The van der Waals surface area contributed by atoms with Crippen LogP contribution in [0.1, 0.15) is 26.3 Å². The van der Waals surface area contributed by atoms with Crippen LogP contribution in [0.15, 0.2) is 72.8 Å². The van der Waals surface area contributed by atoms with Crippen molar-refractivity contribution in [2.24, 2.45) is 0 Å². The van der Waals surface area contributed by atoms with Crippen molar-refractivity contribution in [3.8, 4) is 5.75 Å². The molecule has 152 valence electrons. The van der Waals surface area contributed by atoms with Gasteiger partial charge in [0.2, 0.25) is 0 Å². The molecule has 7 heteroatoms. The van der Waals surface area contributed by atoms with Crippen LogP contribution in [-0.2, 0) is 9.53 Å². The van der Waals surface area contributed by atoms with Crippen molar-refractivity contribution in [3.05, 3.63) is 94.5 Å². The average Bonchev–Trinajstić information content (AvgIpc) is 2.78. The van der Waals surface area contributed by atoms with E-state index >= 15 is 0 Å². The first-order valence-corrected chi connectivity index (χ1v) is 9.36. The summed E-state index contributed by atoms with van der Waals surface area (Å²) in [5.41, 5.74) is 1.06. The van der Waals surface area contributed by atoms with Gasteiger partial charge in [-0.2, -0.15) is 0 Å². The van der Waals surface area contributed by atoms with E-state index in [0.717, 1.165) is 0 Å². The van der Waals surface area contributed by atoms with Crippen molar-refractivity contribution in [2.75, 3.05) is 19.0 Å². The summed E-state index contributed by atoms with van der Waals surface area (Å²) in [6.45, 7) is -0.519. The Morgan fingerprint density at radius 2 is 1.50 bits per heavy atom. The minimum absolute atomic E-state index is 0.0730. The lowest BCUT2D eigenvalue weighted by atomic mass is 9.98. The van der Waals surface area contributed by atoms with Crippen LogP contribution in [0.5, 0.6) is 5.75 Å². The van der Waals surface area contributed by atoms with E-state index in [4.69, 9.17) is 21.1 Å². The molecule has 0 radical (unpaired) electrons. The van der Waals surface area contributed by atoms with E-state index in [-0.39, 0.29) is 16.9 Å². The number of esters is 1. The molecule has 0 aliphatic carbocycles. The molecule has 0 saturated heterocycles. The van der Waals surface area contributed by atoms with Gasteiger partial charge in [0, 0.05) is 11.1 Å². The fourth-order valence-corrected chi connectivity index (χ4v) is 2.90. The van der Waals surface area contributed by atoms with Gasteiger partial charge < -0.3 is 14.8 Å².